The van der Waals surface area contributed by atoms with Gasteiger partial charge in [-0.15, -0.1) is 0 Å². The van der Waals surface area contributed by atoms with Crippen LogP contribution in [-0.2, 0) is 4.74 Å². The van der Waals surface area contributed by atoms with Gasteiger partial charge in [-0.05, 0) is 12.8 Å². The van der Waals surface area contributed by atoms with Gasteiger partial charge in [-0.2, -0.15) is 0 Å². The first-order chi connectivity index (χ1) is 6.59. The van der Waals surface area contributed by atoms with E-state index in [1.54, 1.807) is 4.90 Å². The molecule has 1 rings (SSSR count). The van der Waals surface area contributed by atoms with Crippen LogP contribution in [0.2, 0.25) is 0 Å². The molecule has 0 saturated carbocycles. The molecule has 1 fully saturated rings. The molecule has 82 valence electrons. The molecular formula is C10H20N2O2. The second-order valence-corrected chi connectivity index (χ2v) is 4.27. The number of carbonyl (C=O) groups is 1. The van der Waals surface area contributed by atoms with Gasteiger partial charge in [-0.25, -0.2) is 4.79 Å². The Hall–Kier alpha value is -0.770. The maximum Gasteiger partial charge on any atom is 0.409 e. The van der Waals surface area contributed by atoms with Gasteiger partial charge < -0.3 is 15.0 Å². The number of amides is 1. The first kappa shape index (κ1) is 11.3. The molecule has 4 heteroatoms. The van der Waals surface area contributed by atoms with Crippen LogP contribution < -0.4 is 5.32 Å². The largest absolute Gasteiger partial charge is 0.449 e. The molecule has 0 aromatic carbocycles. The molecule has 0 aromatic heterocycles. The number of rotatable bonds is 2. The first-order valence-electron chi connectivity index (χ1n) is 5.24. The highest BCUT2D eigenvalue weighted by Crippen LogP contribution is 2.02. The van der Waals surface area contributed by atoms with Gasteiger partial charge in [0.2, 0.25) is 0 Å². The van der Waals surface area contributed by atoms with Crippen molar-refractivity contribution in [3.8, 4) is 0 Å². The molecule has 1 atom stereocenters. The third-order valence-corrected chi connectivity index (χ3v) is 2.17. The van der Waals surface area contributed by atoms with Crippen molar-refractivity contribution in [3.05, 3.63) is 0 Å². The molecule has 1 aliphatic heterocycles. The number of hydrogen-bond acceptors (Lipinski definition) is 3. The summed E-state index contributed by atoms with van der Waals surface area (Å²) in [4.78, 5) is 13.3. The molecule has 1 unspecified atom stereocenters. The fourth-order valence-corrected chi connectivity index (χ4v) is 1.43. The average Bonchev–Trinajstić information content (AvgIpc) is 2.14. The number of hydrogen-bond donors (Lipinski definition) is 1. The first-order valence-corrected chi connectivity index (χ1v) is 5.24. The highest BCUT2D eigenvalue weighted by Gasteiger charge is 2.21. The Morgan fingerprint density at radius 2 is 2.36 bits per heavy atom. The Morgan fingerprint density at radius 1 is 1.64 bits per heavy atom. The molecule has 1 heterocycles. The zero-order valence-electron chi connectivity index (χ0n) is 9.25. The Labute approximate surface area is 85.6 Å². The molecule has 1 amide bonds. The van der Waals surface area contributed by atoms with E-state index < -0.39 is 0 Å². The predicted octanol–water partition coefficient (Wildman–Crippen LogP) is 1.07. The topological polar surface area (TPSA) is 41.6 Å². The molecule has 0 aromatic rings. The lowest BCUT2D eigenvalue weighted by Gasteiger charge is -2.31. The van der Waals surface area contributed by atoms with Gasteiger partial charge in [0.25, 0.3) is 0 Å². The fourth-order valence-electron chi connectivity index (χ4n) is 1.43. The van der Waals surface area contributed by atoms with Gasteiger partial charge in [0.05, 0.1) is 6.61 Å². The van der Waals surface area contributed by atoms with Crippen LogP contribution >= 0.6 is 0 Å². The van der Waals surface area contributed by atoms with Crippen LogP contribution in [0.15, 0.2) is 0 Å². The molecule has 0 bridgehead atoms. The summed E-state index contributed by atoms with van der Waals surface area (Å²) in [6.45, 7) is 9.01. The maximum absolute atomic E-state index is 11.5. The molecule has 14 heavy (non-hydrogen) atoms. The van der Waals surface area contributed by atoms with Crippen molar-refractivity contribution in [3.63, 3.8) is 0 Å². The van der Waals surface area contributed by atoms with E-state index in [4.69, 9.17) is 4.74 Å². The summed E-state index contributed by atoms with van der Waals surface area (Å²) in [5.41, 5.74) is 0. The van der Waals surface area contributed by atoms with Crippen LogP contribution in [0.1, 0.15) is 20.8 Å². The van der Waals surface area contributed by atoms with Gasteiger partial charge in [0.15, 0.2) is 0 Å². The van der Waals surface area contributed by atoms with E-state index in [0.29, 0.717) is 18.6 Å². The van der Waals surface area contributed by atoms with Crippen LogP contribution in [0, 0.1) is 5.92 Å². The molecule has 1 saturated heterocycles. The Bertz CT molecular complexity index is 195. The quantitative estimate of drug-likeness (QED) is 0.725. The van der Waals surface area contributed by atoms with E-state index in [0.717, 1.165) is 19.6 Å². The predicted molar refractivity (Wildman–Crippen MR) is 55.2 cm³/mol. The fraction of sp³-hybridized carbons (Fsp3) is 0.900. The number of piperazine rings is 1. The van der Waals surface area contributed by atoms with Gasteiger partial charge in [-0.1, -0.05) is 13.8 Å². The molecule has 0 aliphatic carbocycles. The second-order valence-electron chi connectivity index (χ2n) is 4.27. The lowest BCUT2D eigenvalue weighted by molar-refractivity contribution is 0.0827. The molecule has 0 radical (unpaired) electrons. The Kier molecular flexibility index (Phi) is 4.20. The summed E-state index contributed by atoms with van der Waals surface area (Å²) in [6.07, 6.45) is -0.174. The summed E-state index contributed by atoms with van der Waals surface area (Å²) in [6, 6.07) is 0.371. The van der Waals surface area contributed by atoms with Gasteiger partial charge >= 0.3 is 6.09 Å². The SMILES string of the molecule is CC(C)COC(=O)N1CCNC(C)C1. The monoisotopic (exact) mass is 200 g/mol. The standard InChI is InChI=1S/C10H20N2O2/c1-8(2)7-14-10(13)12-5-4-11-9(3)6-12/h8-9,11H,4-7H2,1-3H3. The van der Waals surface area contributed by atoms with E-state index in [1.807, 2.05) is 13.8 Å². The summed E-state index contributed by atoms with van der Waals surface area (Å²) in [5, 5.41) is 3.28. The highest BCUT2D eigenvalue weighted by atomic mass is 16.6. The van der Waals surface area contributed by atoms with E-state index in [9.17, 15) is 4.79 Å². The van der Waals surface area contributed by atoms with Crippen molar-refractivity contribution in [2.24, 2.45) is 5.92 Å². The molecule has 4 nitrogen and oxygen atoms in total. The second kappa shape index (κ2) is 5.20. The van der Waals surface area contributed by atoms with Crippen LogP contribution in [0.25, 0.3) is 0 Å². The summed E-state index contributed by atoms with van der Waals surface area (Å²) >= 11 is 0. The lowest BCUT2D eigenvalue weighted by atomic mass is 10.2. The summed E-state index contributed by atoms with van der Waals surface area (Å²) in [7, 11) is 0. The van der Waals surface area contributed by atoms with Gasteiger partial charge in [0, 0.05) is 25.7 Å². The maximum atomic E-state index is 11.5. The van der Waals surface area contributed by atoms with Crippen molar-refractivity contribution in [2.45, 2.75) is 26.8 Å². The Morgan fingerprint density at radius 3 is 2.93 bits per heavy atom. The van der Waals surface area contributed by atoms with Gasteiger partial charge in [-0.3, -0.25) is 0 Å². The smallest absolute Gasteiger partial charge is 0.409 e. The van der Waals surface area contributed by atoms with Crippen molar-refractivity contribution in [1.29, 1.82) is 0 Å². The van der Waals surface area contributed by atoms with Crippen LogP contribution in [0.5, 0.6) is 0 Å². The number of ether oxygens (including phenoxy) is 1. The van der Waals surface area contributed by atoms with Crippen molar-refractivity contribution in [1.82, 2.24) is 10.2 Å². The van der Waals surface area contributed by atoms with E-state index in [2.05, 4.69) is 12.2 Å². The molecular weight excluding hydrogens is 180 g/mol. The van der Waals surface area contributed by atoms with Crippen LogP contribution in [0.3, 0.4) is 0 Å². The minimum Gasteiger partial charge on any atom is -0.449 e. The van der Waals surface area contributed by atoms with Crippen molar-refractivity contribution >= 4 is 6.09 Å². The number of nitrogens with zero attached hydrogens (tertiary/aromatic N) is 1. The lowest BCUT2D eigenvalue weighted by Crippen LogP contribution is -2.51. The highest BCUT2D eigenvalue weighted by molar-refractivity contribution is 5.67. The van der Waals surface area contributed by atoms with E-state index >= 15 is 0 Å². The van der Waals surface area contributed by atoms with Gasteiger partial charge in [0.1, 0.15) is 0 Å². The zero-order valence-corrected chi connectivity index (χ0v) is 9.25. The number of nitrogens with one attached hydrogen (secondary N) is 1. The minimum atomic E-state index is -0.174. The normalized spacial score (nSPS) is 22.6. The molecule has 0 spiro atoms. The Balaban J connectivity index is 2.29. The zero-order chi connectivity index (χ0) is 10.6. The average molecular weight is 200 g/mol. The summed E-state index contributed by atoms with van der Waals surface area (Å²) < 4.78 is 5.15. The third kappa shape index (κ3) is 3.54. The number of carbonyl (C=O) groups excluding carboxylic acids is 1. The van der Waals surface area contributed by atoms with Crippen molar-refractivity contribution in [2.75, 3.05) is 26.2 Å². The third-order valence-electron chi connectivity index (χ3n) is 2.17. The minimum absolute atomic E-state index is 0.174. The van der Waals surface area contributed by atoms with Crippen LogP contribution in [-0.4, -0.2) is 43.3 Å². The van der Waals surface area contributed by atoms with Crippen molar-refractivity contribution < 1.29 is 9.53 Å². The van der Waals surface area contributed by atoms with Crippen LogP contribution in [0.4, 0.5) is 4.79 Å². The molecule has 1 aliphatic rings. The molecule has 1 N–H and O–H groups in total. The summed E-state index contributed by atoms with van der Waals surface area (Å²) in [5.74, 6) is 0.402. The van der Waals surface area contributed by atoms with E-state index in [-0.39, 0.29) is 6.09 Å². The van der Waals surface area contributed by atoms with E-state index in [1.165, 1.54) is 0 Å².